The SMILES string of the molecule is COC1CCC(NC(C)c2ccc(C#N)cc2)CC1. The minimum Gasteiger partial charge on any atom is -0.381 e. The zero-order valence-electron chi connectivity index (χ0n) is 11.7. The molecule has 0 saturated heterocycles. The third-order valence-electron chi connectivity index (χ3n) is 4.03. The number of ether oxygens (including phenoxy) is 1. The van der Waals surface area contributed by atoms with E-state index < -0.39 is 0 Å². The van der Waals surface area contributed by atoms with Crippen LogP contribution in [0.15, 0.2) is 24.3 Å². The molecule has 0 heterocycles. The molecule has 1 aromatic carbocycles. The van der Waals surface area contributed by atoms with Gasteiger partial charge in [0.2, 0.25) is 0 Å². The van der Waals surface area contributed by atoms with E-state index in [1.54, 1.807) is 7.11 Å². The largest absolute Gasteiger partial charge is 0.381 e. The second kappa shape index (κ2) is 6.70. The van der Waals surface area contributed by atoms with Crippen LogP contribution in [0.25, 0.3) is 0 Å². The molecule has 1 aromatic rings. The highest BCUT2D eigenvalue weighted by Gasteiger charge is 2.22. The van der Waals surface area contributed by atoms with Gasteiger partial charge in [0, 0.05) is 19.2 Å². The number of hydrogen-bond acceptors (Lipinski definition) is 3. The first kappa shape index (κ1) is 14.0. The molecule has 19 heavy (non-hydrogen) atoms. The monoisotopic (exact) mass is 258 g/mol. The molecule has 2 rings (SSSR count). The van der Waals surface area contributed by atoms with Crippen molar-refractivity contribution in [1.82, 2.24) is 5.32 Å². The number of methoxy groups -OCH3 is 1. The summed E-state index contributed by atoms with van der Waals surface area (Å²) < 4.78 is 5.40. The molecule has 1 saturated carbocycles. The van der Waals surface area contributed by atoms with Crippen LogP contribution in [0.2, 0.25) is 0 Å². The highest BCUT2D eigenvalue weighted by molar-refractivity contribution is 5.32. The van der Waals surface area contributed by atoms with Gasteiger partial charge in [-0.1, -0.05) is 12.1 Å². The lowest BCUT2D eigenvalue weighted by Crippen LogP contribution is -2.36. The fourth-order valence-electron chi connectivity index (χ4n) is 2.76. The van der Waals surface area contributed by atoms with Gasteiger partial charge in [-0.3, -0.25) is 0 Å². The van der Waals surface area contributed by atoms with Gasteiger partial charge in [-0.05, 0) is 50.3 Å². The van der Waals surface area contributed by atoms with Crippen LogP contribution in [0.1, 0.15) is 49.8 Å². The lowest BCUT2D eigenvalue weighted by molar-refractivity contribution is 0.0614. The Morgan fingerprint density at radius 2 is 1.84 bits per heavy atom. The van der Waals surface area contributed by atoms with Crippen molar-refractivity contribution in [2.75, 3.05) is 7.11 Å². The van der Waals surface area contributed by atoms with Gasteiger partial charge in [0.15, 0.2) is 0 Å². The van der Waals surface area contributed by atoms with Crippen LogP contribution in [-0.2, 0) is 4.74 Å². The Hall–Kier alpha value is -1.37. The van der Waals surface area contributed by atoms with Crippen LogP contribution in [0, 0.1) is 11.3 Å². The molecule has 1 unspecified atom stereocenters. The predicted molar refractivity (Wildman–Crippen MR) is 75.8 cm³/mol. The van der Waals surface area contributed by atoms with Crippen LogP contribution in [0.4, 0.5) is 0 Å². The van der Waals surface area contributed by atoms with Gasteiger partial charge in [0.05, 0.1) is 17.7 Å². The summed E-state index contributed by atoms with van der Waals surface area (Å²) in [4.78, 5) is 0. The Bertz CT molecular complexity index is 427. The summed E-state index contributed by atoms with van der Waals surface area (Å²) in [6.07, 6.45) is 5.10. The lowest BCUT2D eigenvalue weighted by Gasteiger charge is -2.30. The Kier molecular flexibility index (Phi) is 4.95. The molecule has 1 N–H and O–H groups in total. The average molecular weight is 258 g/mol. The first-order valence-corrected chi connectivity index (χ1v) is 7.02. The van der Waals surface area contributed by atoms with Gasteiger partial charge in [-0.25, -0.2) is 0 Å². The first-order valence-electron chi connectivity index (χ1n) is 7.02. The Morgan fingerprint density at radius 1 is 1.21 bits per heavy atom. The number of benzene rings is 1. The maximum Gasteiger partial charge on any atom is 0.0991 e. The fraction of sp³-hybridized carbons (Fsp3) is 0.562. The first-order chi connectivity index (χ1) is 9.22. The number of nitriles is 1. The molecule has 1 aliphatic rings. The van der Waals surface area contributed by atoms with E-state index in [0.29, 0.717) is 18.2 Å². The topological polar surface area (TPSA) is 45.0 Å². The predicted octanol–water partition coefficient (Wildman–Crippen LogP) is 3.17. The number of rotatable bonds is 4. The van der Waals surface area contributed by atoms with Crippen molar-refractivity contribution < 1.29 is 4.74 Å². The zero-order chi connectivity index (χ0) is 13.7. The van der Waals surface area contributed by atoms with Gasteiger partial charge in [0.1, 0.15) is 0 Å². The summed E-state index contributed by atoms with van der Waals surface area (Å²) in [6, 6.07) is 10.9. The summed E-state index contributed by atoms with van der Waals surface area (Å²) in [5.74, 6) is 0. The van der Waals surface area contributed by atoms with E-state index in [-0.39, 0.29) is 0 Å². The summed E-state index contributed by atoms with van der Waals surface area (Å²) in [7, 11) is 1.80. The Balaban J connectivity index is 1.87. The normalized spacial score (nSPS) is 24.7. The van der Waals surface area contributed by atoms with Crippen molar-refractivity contribution in [3.63, 3.8) is 0 Å². The van der Waals surface area contributed by atoms with Gasteiger partial charge >= 0.3 is 0 Å². The van der Waals surface area contributed by atoms with Crippen LogP contribution in [0.3, 0.4) is 0 Å². The smallest absolute Gasteiger partial charge is 0.0991 e. The number of nitrogens with one attached hydrogen (secondary N) is 1. The Labute approximate surface area is 115 Å². The van der Waals surface area contributed by atoms with E-state index in [2.05, 4.69) is 18.3 Å². The summed E-state index contributed by atoms with van der Waals surface area (Å²) >= 11 is 0. The maximum atomic E-state index is 8.80. The van der Waals surface area contributed by atoms with Crippen molar-refractivity contribution in [3.8, 4) is 6.07 Å². The maximum absolute atomic E-state index is 8.80. The number of nitrogens with zero attached hydrogens (tertiary/aromatic N) is 1. The van der Waals surface area contributed by atoms with E-state index in [9.17, 15) is 0 Å². The standard InChI is InChI=1S/C16H22N2O/c1-12(14-5-3-13(11-17)4-6-14)18-15-7-9-16(19-2)10-8-15/h3-6,12,15-16,18H,7-10H2,1-2H3. The molecule has 0 spiro atoms. The van der Waals surface area contributed by atoms with Crippen molar-refractivity contribution in [2.45, 2.75) is 50.8 Å². The van der Waals surface area contributed by atoms with Crippen LogP contribution in [0.5, 0.6) is 0 Å². The van der Waals surface area contributed by atoms with Gasteiger partial charge < -0.3 is 10.1 Å². The highest BCUT2D eigenvalue weighted by Crippen LogP contribution is 2.23. The van der Waals surface area contributed by atoms with Gasteiger partial charge in [-0.15, -0.1) is 0 Å². The van der Waals surface area contributed by atoms with E-state index in [1.807, 2.05) is 24.3 Å². The average Bonchev–Trinajstić information content (AvgIpc) is 2.48. The Morgan fingerprint density at radius 3 is 2.37 bits per heavy atom. The molecule has 3 heteroatoms. The third-order valence-corrected chi connectivity index (χ3v) is 4.03. The molecule has 1 fully saturated rings. The fourth-order valence-corrected chi connectivity index (χ4v) is 2.76. The van der Waals surface area contributed by atoms with E-state index in [4.69, 9.17) is 10.00 Å². The lowest BCUT2D eigenvalue weighted by atomic mass is 9.92. The highest BCUT2D eigenvalue weighted by atomic mass is 16.5. The van der Waals surface area contributed by atoms with E-state index in [0.717, 1.165) is 18.4 Å². The minimum atomic E-state index is 0.330. The van der Waals surface area contributed by atoms with Crippen molar-refractivity contribution in [2.24, 2.45) is 0 Å². The summed E-state index contributed by atoms with van der Waals surface area (Å²) in [6.45, 7) is 2.18. The molecular formula is C16H22N2O. The van der Waals surface area contributed by atoms with Crippen LogP contribution in [-0.4, -0.2) is 19.3 Å². The van der Waals surface area contributed by atoms with Crippen LogP contribution < -0.4 is 5.32 Å². The zero-order valence-corrected chi connectivity index (χ0v) is 11.7. The number of hydrogen-bond donors (Lipinski definition) is 1. The second-order valence-electron chi connectivity index (χ2n) is 5.33. The van der Waals surface area contributed by atoms with Crippen LogP contribution >= 0.6 is 0 Å². The quantitative estimate of drug-likeness (QED) is 0.902. The molecule has 0 radical (unpaired) electrons. The van der Waals surface area contributed by atoms with Gasteiger partial charge in [0.25, 0.3) is 0 Å². The van der Waals surface area contributed by atoms with Crippen molar-refractivity contribution in [3.05, 3.63) is 35.4 Å². The molecule has 0 aliphatic heterocycles. The molecule has 102 valence electrons. The second-order valence-corrected chi connectivity index (χ2v) is 5.33. The third kappa shape index (κ3) is 3.79. The summed E-state index contributed by atoms with van der Waals surface area (Å²) in [5.41, 5.74) is 1.96. The van der Waals surface area contributed by atoms with Gasteiger partial charge in [-0.2, -0.15) is 5.26 Å². The molecule has 1 aliphatic carbocycles. The van der Waals surface area contributed by atoms with Crippen molar-refractivity contribution >= 4 is 0 Å². The minimum absolute atomic E-state index is 0.330. The molecular weight excluding hydrogens is 236 g/mol. The molecule has 3 nitrogen and oxygen atoms in total. The van der Waals surface area contributed by atoms with E-state index >= 15 is 0 Å². The summed E-state index contributed by atoms with van der Waals surface area (Å²) in [5, 5.41) is 12.5. The molecule has 0 bridgehead atoms. The van der Waals surface area contributed by atoms with Crippen molar-refractivity contribution in [1.29, 1.82) is 5.26 Å². The molecule has 1 atom stereocenters. The van der Waals surface area contributed by atoms with E-state index in [1.165, 1.54) is 18.4 Å². The molecule has 0 aromatic heterocycles. The molecule has 0 amide bonds.